The number of hydrogen-bond acceptors (Lipinski definition) is 5. The number of non-ortho nitro benzene ring substituents is 1. The van der Waals surface area contributed by atoms with Crippen LogP contribution in [0.4, 0.5) is 5.69 Å². The fourth-order valence-corrected chi connectivity index (χ4v) is 4.00. The number of nitro groups is 1. The molecule has 7 nitrogen and oxygen atoms in total. The molecule has 0 saturated carbocycles. The Bertz CT molecular complexity index is 623. The Morgan fingerprint density at radius 2 is 2.05 bits per heavy atom. The van der Waals surface area contributed by atoms with Gasteiger partial charge in [-0.15, -0.1) is 12.4 Å². The van der Waals surface area contributed by atoms with Gasteiger partial charge in [-0.1, -0.05) is 6.07 Å². The monoisotopic (exact) mass is 335 g/mol. The van der Waals surface area contributed by atoms with Gasteiger partial charge in [-0.25, -0.2) is 8.42 Å². The number of nitro benzene ring substituents is 1. The van der Waals surface area contributed by atoms with Gasteiger partial charge in [-0.2, -0.15) is 4.31 Å². The molecule has 118 valence electrons. The smallest absolute Gasteiger partial charge is 0.270 e. The molecule has 1 aromatic rings. The third-order valence-corrected chi connectivity index (χ3v) is 5.59. The third-order valence-electron chi connectivity index (χ3n) is 3.61. The fourth-order valence-electron chi connectivity index (χ4n) is 2.26. The van der Waals surface area contributed by atoms with Gasteiger partial charge in [-0.3, -0.25) is 10.1 Å². The third kappa shape index (κ3) is 3.52. The molecule has 1 N–H and O–H groups in total. The summed E-state index contributed by atoms with van der Waals surface area (Å²) in [5, 5.41) is 14.0. The number of nitrogens with one attached hydrogen (secondary N) is 1. The molecule has 9 heteroatoms. The molecule has 1 heterocycles. The molecule has 0 bridgehead atoms. The van der Waals surface area contributed by atoms with Crippen molar-refractivity contribution < 1.29 is 13.3 Å². The molecule has 1 aliphatic rings. The van der Waals surface area contributed by atoms with Crippen molar-refractivity contribution in [1.82, 2.24) is 9.62 Å². The van der Waals surface area contributed by atoms with Gasteiger partial charge in [0.2, 0.25) is 10.0 Å². The standard InChI is InChI=1S/C12H17N3O4S.ClH/c1-9-10(2)14(7-6-13-9)20(18,19)12-5-3-4-11(8-12)15(16)17;/h3-5,8-10,13H,6-7H2,1-2H3;1H. The zero-order chi connectivity index (χ0) is 14.9. The minimum Gasteiger partial charge on any atom is -0.311 e. The molecule has 1 aliphatic heterocycles. The lowest BCUT2D eigenvalue weighted by atomic mass is 10.1. The highest BCUT2D eigenvalue weighted by Crippen LogP contribution is 2.24. The van der Waals surface area contributed by atoms with Crippen LogP contribution in [-0.2, 0) is 10.0 Å². The van der Waals surface area contributed by atoms with Crippen LogP contribution in [0.1, 0.15) is 13.8 Å². The van der Waals surface area contributed by atoms with Crippen molar-refractivity contribution in [3.63, 3.8) is 0 Å². The molecule has 1 aromatic carbocycles. The molecule has 2 unspecified atom stereocenters. The van der Waals surface area contributed by atoms with E-state index in [1.807, 2.05) is 13.8 Å². The Kier molecular flexibility index (Phi) is 5.68. The first-order valence-corrected chi connectivity index (χ1v) is 7.77. The molecule has 21 heavy (non-hydrogen) atoms. The second kappa shape index (κ2) is 6.69. The van der Waals surface area contributed by atoms with E-state index in [1.165, 1.54) is 22.5 Å². The summed E-state index contributed by atoms with van der Waals surface area (Å²) in [6, 6.07) is 5.01. The first kappa shape index (κ1) is 17.8. The summed E-state index contributed by atoms with van der Waals surface area (Å²) in [5.74, 6) is 0. The number of halogens is 1. The minimum absolute atomic E-state index is 0. The molecular formula is C12H18ClN3O4S. The lowest BCUT2D eigenvalue weighted by Gasteiger charge is -2.37. The summed E-state index contributed by atoms with van der Waals surface area (Å²) in [6.45, 7) is 4.67. The Morgan fingerprint density at radius 1 is 1.38 bits per heavy atom. The zero-order valence-corrected chi connectivity index (χ0v) is 13.4. The van der Waals surface area contributed by atoms with Crippen molar-refractivity contribution in [3.8, 4) is 0 Å². The molecule has 0 spiro atoms. The Morgan fingerprint density at radius 3 is 2.67 bits per heavy atom. The summed E-state index contributed by atoms with van der Waals surface area (Å²) in [5.41, 5.74) is -0.220. The van der Waals surface area contributed by atoms with Crippen molar-refractivity contribution in [2.75, 3.05) is 13.1 Å². The normalized spacial score (nSPS) is 23.3. The lowest BCUT2D eigenvalue weighted by Crippen LogP contribution is -2.57. The first-order valence-electron chi connectivity index (χ1n) is 6.33. The van der Waals surface area contributed by atoms with Gasteiger partial charge in [0.05, 0.1) is 9.82 Å². The molecule has 2 rings (SSSR count). The van der Waals surface area contributed by atoms with Crippen LogP contribution >= 0.6 is 12.4 Å². The van der Waals surface area contributed by atoms with E-state index in [-0.39, 0.29) is 35.1 Å². The van der Waals surface area contributed by atoms with E-state index < -0.39 is 14.9 Å². The number of piperazine rings is 1. The van der Waals surface area contributed by atoms with Gasteiger partial charge in [-0.05, 0) is 19.9 Å². The molecule has 0 aliphatic carbocycles. The maximum absolute atomic E-state index is 12.6. The van der Waals surface area contributed by atoms with Crippen LogP contribution in [-0.4, -0.2) is 42.8 Å². The van der Waals surface area contributed by atoms with E-state index in [9.17, 15) is 18.5 Å². The van der Waals surface area contributed by atoms with Gasteiger partial charge in [0.25, 0.3) is 5.69 Å². The Labute approximate surface area is 129 Å². The first-order chi connectivity index (χ1) is 9.34. The number of nitrogens with zero attached hydrogens (tertiary/aromatic N) is 2. The van der Waals surface area contributed by atoms with Crippen molar-refractivity contribution >= 4 is 28.1 Å². The van der Waals surface area contributed by atoms with Crippen molar-refractivity contribution in [3.05, 3.63) is 34.4 Å². The Balaban J connectivity index is 0.00000220. The van der Waals surface area contributed by atoms with E-state index in [0.29, 0.717) is 13.1 Å². The van der Waals surface area contributed by atoms with Gasteiger partial charge in [0, 0.05) is 37.3 Å². The highest BCUT2D eigenvalue weighted by molar-refractivity contribution is 7.89. The topological polar surface area (TPSA) is 92.6 Å². The Hall–Kier alpha value is -1.22. The number of sulfonamides is 1. The molecule has 1 saturated heterocycles. The maximum Gasteiger partial charge on any atom is 0.270 e. The quantitative estimate of drug-likeness (QED) is 0.665. The van der Waals surface area contributed by atoms with Crippen LogP contribution in [0.2, 0.25) is 0 Å². The van der Waals surface area contributed by atoms with Crippen molar-refractivity contribution in [2.24, 2.45) is 0 Å². The van der Waals surface area contributed by atoms with E-state index in [4.69, 9.17) is 0 Å². The largest absolute Gasteiger partial charge is 0.311 e. The molecule has 0 amide bonds. The van der Waals surface area contributed by atoms with Crippen LogP contribution < -0.4 is 5.32 Å². The summed E-state index contributed by atoms with van der Waals surface area (Å²) in [4.78, 5) is 10.1. The van der Waals surface area contributed by atoms with Gasteiger partial charge in [0.1, 0.15) is 0 Å². The molecule has 0 aromatic heterocycles. The summed E-state index contributed by atoms with van der Waals surface area (Å²) < 4.78 is 26.6. The SMILES string of the molecule is CC1NCCN(S(=O)(=O)c2cccc([N+](=O)[O-])c2)C1C.Cl. The highest BCUT2D eigenvalue weighted by Gasteiger charge is 2.34. The summed E-state index contributed by atoms with van der Waals surface area (Å²) in [6.07, 6.45) is 0. The highest BCUT2D eigenvalue weighted by atomic mass is 35.5. The fraction of sp³-hybridized carbons (Fsp3) is 0.500. The molecule has 0 radical (unpaired) electrons. The van der Waals surface area contributed by atoms with E-state index in [1.54, 1.807) is 0 Å². The zero-order valence-electron chi connectivity index (χ0n) is 11.7. The lowest BCUT2D eigenvalue weighted by molar-refractivity contribution is -0.385. The van der Waals surface area contributed by atoms with Gasteiger partial charge >= 0.3 is 0 Å². The van der Waals surface area contributed by atoms with Crippen LogP contribution in [0.5, 0.6) is 0 Å². The van der Waals surface area contributed by atoms with E-state index >= 15 is 0 Å². The molecule has 2 atom stereocenters. The minimum atomic E-state index is -3.71. The van der Waals surface area contributed by atoms with E-state index in [2.05, 4.69) is 5.32 Å². The van der Waals surface area contributed by atoms with Crippen molar-refractivity contribution in [1.29, 1.82) is 0 Å². The van der Waals surface area contributed by atoms with Crippen LogP contribution in [0, 0.1) is 10.1 Å². The number of rotatable bonds is 3. The molecular weight excluding hydrogens is 318 g/mol. The number of hydrogen-bond donors (Lipinski definition) is 1. The van der Waals surface area contributed by atoms with Gasteiger partial charge < -0.3 is 5.32 Å². The predicted octanol–water partition coefficient (Wildman–Crippen LogP) is 1.39. The van der Waals surface area contributed by atoms with Crippen LogP contribution in [0.3, 0.4) is 0 Å². The summed E-state index contributed by atoms with van der Waals surface area (Å²) in [7, 11) is -3.71. The average molecular weight is 336 g/mol. The molecule has 1 fully saturated rings. The van der Waals surface area contributed by atoms with Gasteiger partial charge in [0.15, 0.2) is 0 Å². The number of benzene rings is 1. The second-order valence-corrected chi connectivity index (χ2v) is 6.74. The second-order valence-electron chi connectivity index (χ2n) is 4.85. The predicted molar refractivity (Wildman–Crippen MR) is 81.2 cm³/mol. The summed E-state index contributed by atoms with van der Waals surface area (Å²) >= 11 is 0. The van der Waals surface area contributed by atoms with Crippen LogP contribution in [0.15, 0.2) is 29.2 Å². The average Bonchev–Trinajstić information content (AvgIpc) is 2.41. The van der Waals surface area contributed by atoms with Crippen molar-refractivity contribution in [2.45, 2.75) is 30.8 Å². The maximum atomic E-state index is 12.6. The van der Waals surface area contributed by atoms with E-state index in [0.717, 1.165) is 6.07 Å². The van der Waals surface area contributed by atoms with Crippen LogP contribution in [0.25, 0.3) is 0 Å².